The van der Waals surface area contributed by atoms with Crippen LogP contribution in [0.2, 0.25) is 0 Å². The van der Waals surface area contributed by atoms with Crippen LogP contribution in [0, 0.1) is 17.5 Å². The van der Waals surface area contributed by atoms with Crippen LogP contribution in [-0.2, 0) is 0 Å². The Balaban J connectivity index is 2.02. The molecular formula is C18H10F5N5O2. The maximum atomic E-state index is 13.9. The van der Waals surface area contributed by atoms with E-state index in [0.717, 1.165) is 4.52 Å². The number of hydrogen-bond acceptors (Lipinski definition) is 5. The molecule has 0 aliphatic heterocycles. The zero-order valence-electron chi connectivity index (χ0n) is 14.7. The largest absolute Gasteiger partial charge is 0.458 e. The molecular weight excluding hydrogens is 413 g/mol. The molecule has 0 amide bonds. The molecule has 0 unspecified atom stereocenters. The number of pyridine rings is 1. The number of hydrogen-bond donors (Lipinski definition) is 1. The second-order valence-electron chi connectivity index (χ2n) is 5.97. The van der Waals surface area contributed by atoms with Crippen LogP contribution < -0.4 is 10.3 Å². The molecule has 0 fully saturated rings. The van der Waals surface area contributed by atoms with Gasteiger partial charge in [-0.2, -0.15) is 0 Å². The zero-order valence-corrected chi connectivity index (χ0v) is 14.7. The Morgan fingerprint density at radius 2 is 1.87 bits per heavy atom. The summed E-state index contributed by atoms with van der Waals surface area (Å²) in [5, 5.41) is 3.89. The highest BCUT2D eigenvalue weighted by molar-refractivity contribution is 5.80. The third-order valence-electron chi connectivity index (χ3n) is 3.98. The SMILES string of the molecule is O=c1[nH]c(OCC(F)F)nn2c(-c3cc(F)c(F)c(F)c3)c(-c3ccccn3)nc12. The van der Waals surface area contributed by atoms with E-state index in [1.165, 1.54) is 12.3 Å². The molecule has 0 radical (unpaired) electrons. The first-order chi connectivity index (χ1) is 14.3. The molecule has 1 aromatic carbocycles. The predicted octanol–water partition coefficient (Wildman–Crippen LogP) is 3.21. The van der Waals surface area contributed by atoms with Crippen molar-refractivity contribution < 1.29 is 26.7 Å². The van der Waals surface area contributed by atoms with Gasteiger partial charge in [0.2, 0.25) is 5.65 Å². The molecule has 0 saturated carbocycles. The van der Waals surface area contributed by atoms with Crippen LogP contribution in [0.4, 0.5) is 22.0 Å². The summed E-state index contributed by atoms with van der Waals surface area (Å²) in [6.45, 7) is -1.05. The monoisotopic (exact) mass is 423 g/mol. The fraction of sp³-hybridized carbons (Fsp3) is 0.111. The van der Waals surface area contributed by atoms with E-state index in [9.17, 15) is 26.7 Å². The molecule has 4 rings (SSSR count). The minimum absolute atomic E-state index is 0.00465. The van der Waals surface area contributed by atoms with E-state index < -0.39 is 42.1 Å². The molecule has 154 valence electrons. The Labute approximate surface area is 163 Å². The van der Waals surface area contributed by atoms with Crippen molar-refractivity contribution in [1.29, 1.82) is 0 Å². The number of nitrogens with zero attached hydrogens (tertiary/aromatic N) is 4. The molecule has 0 aliphatic carbocycles. The van der Waals surface area contributed by atoms with Crippen LogP contribution >= 0.6 is 0 Å². The minimum Gasteiger partial charge on any atom is -0.458 e. The second-order valence-corrected chi connectivity index (χ2v) is 5.97. The van der Waals surface area contributed by atoms with Crippen molar-refractivity contribution in [3.63, 3.8) is 0 Å². The Morgan fingerprint density at radius 3 is 2.50 bits per heavy atom. The van der Waals surface area contributed by atoms with E-state index in [4.69, 9.17) is 4.74 Å². The lowest BCUT2D eigenvalue weighted by atomic mass is 10.1. The van der Waals surface area contributed by atoms with E-state index in [1.807, 2.05) is 0 Å². The average Bonchev–Trinajstić information content (AvgIpc) is 3.11. The third kappa shape index (κ3) is 3.47. The number of rotatable bonds is 5. The van der Waals surface area contributed by atoms with Gasteiger partial charge >= 0.3 is 6.01 Å². The van der Waals surface area contributed by atoms with E-state index in [1.54, 1.807) is 12.1 Å². The molecule has 0 saturated heterocycles. The Kier molecular flexibility index (Phi) is 4.90. The normalized spacial score (nSPS) is 11.4. The minimum atomic E-state index is -2.84. The highest BCUT2D eigenvalue weighted by Crippen LogP contribution is 2.32. The lowest BCUT2D eigenvalue weighted by molar-refractivity contribution is 0.0761. The summed E-state index contributed by atoms with van der Waals surface area (Å²) in [5.74, 6) is -4.64. The molecule has 1 N–H and O–H groups in total. The van der Waals surface area contributed by atoms with Gasteiger partial charge in [0.05, 0.1) is 5.69 Å². The van der Waals surface area contributed by atoms with Crippen LogP contribution in [0.5, 0.6) is 6.01 Å². The number of fused-ring (bicyclic) bond motifs is 1. The number of aromatic nitrogens is 5. The number of alkyl halides is 2. The molecule has 0 bridgehead atoms. The smallest absolute Gasteiger partial charge is 0.314 e. The van der Waals surface area contributed by atoms with Crippen LogP contribution in [0.1, 0.15) is 0 Å². The van der Waals surface area contributed by atoms with Gasteiger partial charge in [-0.3, -0.25) is 14.8 Å². The number of H-pyrrole nitrogens is 1. The summed E-state index contributed by atoms with van der Waals surface area (Å²) in [4.78, 5) is 22.8. The molecule has 4 aromatic rings. The summed E-state index contributed by atoms with van der Waals surface area (Å²) in [7, 11) is 0. The topological polar surface area (TPSA) is 85.2 Å². The molecule has 12 heteroatoms. The standard InChI is InChI=1S/C18H10F5N5O2/c19-9-5-8(6-10(20)13(9)23)15-14(11-3-1-2-4-24-11)25-16-17(29)26-18(27-28(15)16)30-7-12(21)22/h1-6,12H,7H2,(H,26,27,29). The summed E-state index contributed by atoms with van der Waals surface area (Å²) in [5.41, 5.74) is -1.28. The van der Waals surface area contributed by atoms with Gasteiger partial charge in [-0.25, -0.2) is 31.5 Å². The third-order valence-corrected chi connectivity index (χ3v) is 3.98. The summed E-state index contributed by atoms with van der Waals surface area (Å²) >= 11 is 0. The van der Waals surface area contributed by atoms with Gasteiger partial charge in [0.25, 0.3) is 12.0 Å². The van der Waals surface area contributed by atoms with E-state index >= 15 is 0 Å². The Bertz CT molecular complexity index is 1270. The number of ether oxygens (including phenoxy) is 1. The van der Waals surface area contributed by atoms with E-state index in [0.29, 0.717) is 12.1 Å². The van der Waals surface area contributed by atoms with Gasteiger partial charge in [-0.1, -0.05) is 6.07 Å². The summed E-state index contributed by atoms with van der Waals surface area (Å²) < 4.78 is 71.7. The van der Waals surface area contributed by atoms with Crippen LogP contribution in [0.15, 0.2) is 41.3 Å². The number of aromatic amines is 1. The molecule has 3 aromatic heterocycles. The highest BCUT2D eigenvalue weighted by Gasteiger charge is 2.23. The average molecular weight is 423 g/mol. The van der Waals surface area contributed by atoms with Crippen molar-refractivity contribution in [3.8, 4) is 28.7 Å². The molecule has 3 heterocycles. The van der Waals surface area contributed by atoms with Crippen LogP contribution in [0.25, 0.3) is 28.3 Å². The van der Waals surface area contributed by atoms with Crippen molar-refractivity contribution in [2.75, 3.05) is 6.61 Å². The molecule has 7 nitrogen and oxygen atoms in total. The first kappa shape index (κ1) is 19.5. The maximum Gasteiger partial charge on any atom is 0.314 e. The van der Waals surface area contributed by atoms with Gasteiger partial charge < -0.3 is 4.74 Å². The summed E-state index contributed by atoms with van der Waals surface area (Å²) in [6.07, 6.45) is -1.42. The quantitative estimate of drug-likeness (QED) is 0.394. The maximum absolute atomic E-state index is 13.9. The van der Waals surface area contributed by atoms with Gasteiger partial charge in [0.1, 0.15) is 11.4 Å². The second kappa shape index (κ2) is 7.54. The lowest BCUT2D eigenvalue weighted by Crippen LogP contribution is -2.18. The van der Waals surface area contributed by atoms with Crippen LogP contribution in [0.3, 0.4) is 0 Å². The first-order valence-electron chi connectivity index (χ1n) is 8.35. The molecule has 30 heavy (non-hydrogen) atoms. The van der Waals surface area contributed by atoms with Crippen molar-refractivity contribution >= 4 is 5.65 Å². The zero-order chi connectivity index (χ0) is 21.4. The highest BCUT2D eigenvalue weighted by atomic mass is 19.3. The van der Waals surface area contributed by atoms with Gasteiger partial charge in [0, 0.05) is 11.8 Å². The van der Waals surface area contributed by atoms with Gasteiger partial charge in [0.15, 0.2) is 24.1 Å². The van der Waals surface area contributed by atoms with Crippen molar-refractivity contribution in [1.82, 2.24) is 24.6 Å². The molecule has 0 atom stereocenters. The van der Waals surface area contributed by atoms with E-state index in [2.05, 4.69) is 20.1 Å². The molecule has 0 spiro atoms. The Morgan fingerprint density at radius 1 is 1.13 bits per heavy atom. The first-order valence-corrected chi connectivity index (χ1v) is 8.35. The number of imidazole rings is 1. The van der Waals surface area contributed by atoms with Crippen molar-refractivity contribution in [2.45, 2.75) is 6.43 Å². The van der Waals surface area contributed by atoms with Crippen molar-refractivity contribution in [3.05, 3.63) is 64.3 Å². The molecule has 0 aliphatic rings. The predicted molar refractivity (Wildman–Crippen MR) is 93.6 cm³/mol. The van der Waals surface area contributed by atoms with Crippen LogP contribution in [-0.4, -0.2) is 37.6 Å². The number of halogens is 5. The number of benzene rings is 1. The number of nitrogens with one attached hydrogen (secondary N) is 1. The fourth-order valence-corrected chi connectivity index (χ4v) is 2.77. The van der Waals surface area contributed by atoms with Crippen molar-refractivity contribution in [2.24, 2.45) is 0 Å². The fourth-order valence-electron chi connectivity index (χ4n) is 2.77. The van der Waals surface area contributed by atoms with Gasteiger partial charge in [-0.05, 0) is 24.3 Å². The lowest BCUT2D eigenvalue weighted by Gasteiger charge is -2.08. The van der Waals surface area contributed by atoms with Gasteiger partial charge in [-0.15, -0.1) is 5.10 Å². The van der Waals surface area contributed by atoms with E-state index in [-0.39, 0.29) is 28.3 Å². The summed E-state index contributed by atoms with van der Waals surface area (Å²) in [6, 6.07) is 5.55. The Hall–Kier alpha value is -3.83.